The summed E-state index contributed by atoms with van der Waals surface area (Å²) in [4.78, 5) is 7.30. The lowest BCUT2D eigenvalue weighted by molar-refractivity contribution is 0.384. The van der Waals surface area contributed by atoms with Gasteiger partial charge >= 0.3 is 0 Å². The molecule has 1 fully saturated rings. The zero-order valence-corrected chi connectivity index (χ0v) is 17.8. The SMILES string of the molecule is COc1ccc(S(=O)(=O)N2CCN(c3nc4c(C)c(C)ccc4s3)CC2)cc1. The van der Waals surface area contributed by atoms with Gasteiger partial charge in [-0.05, 0) is 55.3 Å². The number of aryl methyl sites for hydroxylation is 2. The highest BCUT2D eigenvalue weighted by Crippen LogP contribution is 2.32. The van der Waals surface area contributed by atoms with Crippen molar-refractivity contribution >= 4 is 36.7 Å². The van der Waals surface area contributed by atoms with Crippen LogP contribution in [0.5, 0.6) is 5.75 Å². The molecule has 0 spiro atoms. The van der Waals surface area contributed by atoms with Crippen LogP contribution in [0.25, 0.3) is 10.2 Å². The van der Waals surface area contributed by atoms with Crippen LogP contribution in [0.2, 0.25) is 0 Å². The molecule has 1 aliphatic rings. The molecule has 0 aliphatic carbocycles. The van der Waals surface area contributed by atoms with Crippen molar-refractivity contribution in [3.05, 3.63) is 47.5 Å². The fraction of sp³-hybridized carbons (Fsp3) is 0.350. The van der Waals surface area contributed by atoms with E-state index in [0.717, 1.165) is 10.6 Å². The largest absolute Gasteiger partial charge is 0.497 e. The molecule has 0 N–H and O–H groups in total. The van der Waals surface area contributed by atoms with Gasteiger partial charge in [0.25, 0.3) is 0 Å². The van der Waals surface area contributed by atoms with Crippen molar-refractivity contribution in [2.75, 3.05) is 38.2 Å². The van der Waals surface area contributed by atoms with Crippen LogP contribution in [0.4, 0.5) is 5.13 Å². The van der Waals surface area contributed by atoms with Gasteiger partial charge in [-0.3, -0.25) is 0 Å². The van der Waals surface area contributed by atoms with E-state index in [4.69, 9.17) is 9.72 Å². The monoisotopic (exact) mass is 417 g/mol. The number of ether oxygens (including phenoxy) is 1. The highest BCUT2D eigenvalue weighted by Gasteiger charge is 2.29. The number of methoxy groups -OCH3 is 1. The fourth-order valence-electron chi connectivity index (χ4n) is 3.37. The molecule has 28 heavy (non-hydrogen) atoms. The van der Waals surface area contributed by atoms with Gasteiger partial charge in [0, 0.05) is 26.2 Å². The van der Waals surface area contributed by atoms with Gasteiger partial charge in [-0.1, -0.05) is 17.4 Å². The minimum Gasteiger partial charge on any atom is -0.497 e. The molecule has 0 unspecified atom stereocenters. The minimum absolute atomic E-state index is 0.299. The molecule has 1 aromatic heterocycles. The maximum Gasteiger partial charge on any atom is 0.243 e. The van der Waals surface area contributed by atoms with Crippen LogP contribution in [-0.4, -0.2) is 51.0 Å². The van der Waals surface area contributed by atoms with Gasteiger partial charge in [-0.15, -0.1) is 0 Å². The number of rotatable bonds is 4. The highest BCUT2D eigenvalue weighted by molar-refractivity contribution is 7.89. The summed E-state index contributed by atoms with van der Waals surface area (Å²) < 4.78 is 33.6. The van der Waals surface area contributed by atoms with Gasteiger partial charge in [-0.25, -0.2) is 13.4 Å². The lowest BCUT2D eigenvalue weighted by atomic mass is 10.1. The molecule has 1 aliphatic heterocycles. The third-order valence-electron chi connectivity index (χ3n) is 5.28. The maximum absolute atomic E-state index is 12.9. The third-order valence-corrected chi connectivity index (χ3v) is 8.27. The zero-order valence-electron chi connectivity index (χ0n) is 16.2. The lowest BCUT2D eigenvalue weighted by Crippen LogP contribution is -2.48. The number of nitrogens with zero attached hydrogens (tertiary/aromatic N) is 3. The third kappa shape index (κ3) is 3.36. The lowest BCUT2D eigenvalue weighted by Gasteiger charge is -2.33. The van der Waals surface area contributed by atoms with E-state index >= 15 is 0 Å². The summed E-state index contributed by atoms with van der Waals surface area (Å²) in [6.07, 6.45) is 0. The van der Waals surface area contributed by atoms with Crippen molar-refractivity contribution in [3.8, 4) is 5.75 Å². The Labute approximate surface area is 169 Å². The number of anilines is 1. The fourth-order valence-corrected chi connectivity index (χ4v) is 5.87. The Hall–Kier alpha value is -2.16. The van der Waals surface area contributed by atoms with Crippen LogP contribution >= 0.6 is 11.3 Å². The van der Waals surface area contributed by atoms with E-state index in [1.54, 1.807) is 47.0 Å². The minimum atomic E-state index is -3.50. The number of thiazole rings is 1. The summed E-state index contributed by atoms with van der Waals surface area (Å²) in [5.74, 6) is 0.644. The summed E-state index contributed by atoms with van der Waals surface area (Å²) in [7, 11) is -1.93. The Morgan fingerprint density at radius 2 is 1.68 bits per heavy atom. The van der Waals surface area contributed by atoms with E-state index in [2.05, 4.69) is 30.9 Å². The first-order chi connectivity index (χ1) is 13.4. The predicted molar refractivity (Wildman–Crippen MR) is 113 cm³/mol. The summed E-state index contributed by atoms with van der Waals surface area (Å²) in [6, 6.07) is 10.8. The standard InChI is InChI=1S/C20H23N3O3S2/c1-14-4-9-18-19(15(14)2)21-20(27-18)22-10-12-23(13-11-22)28(24,25)17-7-5-16(26-3)6-8-17/h4-9H,10-13H2,1-3H3. The van der Waals surface area contributed by atoms with Crippen LogP contribution in [0.15, 0.2) is 41.3 Å². The van der Waals surface area contributed by atoms with Gasteiger partial charge in [0.15, 0.2) is 5.13 Å². The molecular formula is C20H23N3O3S2. The Kier molecular flexibility index (Phi) is 5.03. The molecule has 2 aromatic carbocycles. The van der Waals surface area contributed by atoms with Gasteiger partial charge in [-0.2, -0.15) is 4.31 Å². The number of aromatic nitrogens is 1. The second-order valence-electron chi connectivity index (χ2n) is 6.92. The first-order valence-electron chi connectivity index (χ1n) is 9.16. The van der Waals surface area contributed by atoms with Crippen LogP contribution < -0.4 is 9.64 Å². The average molecular weight is 418 g/mol. The Morgan fingerprint density at radius 3 is 2.32 bits per heavy atom. The number of fused-ring (bicyclic) bond motifs is 1. The summed E-state index contributed by atoms with van der Waals surface area (Å²) in [5, 5.41) is 0.963. The van der Waals surface area contributed by atoms with Gasteiger partial charge in [0.05, 0.1) is 22.2 Å². The second-order valence-corrected chi connectivity index (χ2v) is 9.86. The quantitative estimate of drug-likeness (QED) is 0.651. The highest BCUT2D eigenvalue weighted by atomic mass is 32.2. The predicted octanol–water partition coefficient (Wildman–Crippen LogP) is 3.43. The number of hydrogen-bond donors (Lipinski definition) is 0. The van der Waals surface area contributed by atoms with Crippen molar-refractivity contribution < 1.29 is 13.2 Å². The Balaban J connectivity index is 1.50. The molecule has 6 nitrogen and oxygen atoms in total. The molecule has 0 radical (unpaired) electrons. The maximum atomic E-state index is 12.9. The van der Waals surface area contributed by atoms with Crippen molar-refractivity contribution in [2.45, 2.75) is 18.7 Å². The summed E-state index contributed by atoms with van der Waals surface area (Å²) >= 11 is 1.67. The van der Waals surface area contributed by atoms with Crippen molar-refractivity contribution in [3.63, 3.8) is 0 Å². The molecule has 4 rings (SSSR count). The van der Waals surface area contributed by atoms with Gasteiger partial charge < -0.3 is 9.64 Å². The van der Waals surface area contributed by atoms with Gasteiger partial charge in [0.2, 0.25) is 10.0 Å². The molecule has 2 heterocycles. The smallest absolute Gasteiger partial charge is 0.243 e. The molecular weight excluding hydrogens is 394 g/mol. The number of hydrogen-bond acceptors (Lipinski definition) is 6. The topological polar surface area (TPSA) is 62.7 Å². The van der Waals surface area contributed by atoms with E-state index in [1.165, 1.54) is 15.8 Å². The number of sulfonamides is 1. The van der Waals surface area contributed by atoms with Crippen LogP contribution in [0.3, 0.4) is 0 Å². The molecule has 0 bridgehead atoms. The van der Waals surface area contributed by atoms with Crippen molar-refractivity contribution in [2.24, 2.45) is 0 Å². The number of piperazine rings is 1. The van der Waals surface area contributed by atoms with E-state index < -0.39 is 10.0 Å². The normalized spacial score (nSPS) is 15.9. The molecule has 3 aromatic rings. The van der Waals surface area contributed by atoms with Crippen LogP contribution in [-0.2, 0) is 10.0 Å². The van der Waals surface area contributed by atoms with E-state index in [9.17, 15) is 8.42 Å². The molecule has 148 valence electrons. The molecule has 1 saturated heterocycles. The van der Waals surface area contributed by atoms with Crippen molar-refractivity contribution in [1.82, 2.24) is 9.29 Å². The number of benzene rings is 2. The van der Waals surface area contributed by atoms with E-state index in [1.807, 2.05) is 0 Å². The van der Waals surface area contributed by atoms with Crippen molar-refractivity contribution in [1.29, 1.82) is 0 Å². The first kappa shape index (κ1) is 19.2. The molecule has 0 amide bonds. The average Bonchev–Trinajstić information content (AvgIpc) is 3.16. The molecule has 8 heteroatoms. The van der Waals surface area contributed by atoms with Crippen LogP contribution in [0.1, 0.15) is 11.1 Å². The first-order valence-corrected chi connectivity index (χ1v) is 11.4. The second kappa shape index (κ2) is 7.35. The summed E-state index contributed by atoms with van der Waals surface area (Å²) in [6.45, 7) is 6.35. The van der Waals surface area contributed by atoms with E-state index in [0.29, 0.717) is 36.8 Å². The Bertz CT molecular complexity index is 1100. The Morgan fingerprint density at radius 1 is 1.00 bits per heavy atom. The van der Waals surface area contributed by atoms with Crippen LogP contribution in [0, 0.1) is 13.8 Å². The van der Waals surface area contributed by atoms with E-state index in [-0.39, 0.29) is 0 Å². The molecule has 0 saturated carbocycles. The molecule has 0 atom stereocenters. The summed E-state index contributed by atoms with van der Waals surface area (Å²) in [5.41, 5.74) is 3.49. The van der Waals surface area contributed by atoms with Gasteiger partial charge in [0.1, 0.15) is 5.75 Å². The zero-order chi connectivity index (χ0) is 19.9.